The van der Waals surface area contributed by atoms with Crippen LogP contribution in [0.1, 0.15) is 19.3 Å². The minimum Gasteiger partial charge on any atom is -0.383 e. The van der Waals surface area contributed by atoms with Gasteiger partial charge in [0.2, 0.25) is 0 Å². The molecule has 0 radical (unpaired) electrons. The molecule has 0 aliphatic heterocycles. The summed E-state index contributed by atoms with van der Waals surface area (Å²) in [6, 6.07) is 0. The molecular weight excluding hydrogens is 214 g/mol. The fourth-order valence-corrected chi connectivity index (χ4v) is 1.57. The fourth-order valence-electron chi connectivity index (χ4n) is 1.38. The Bertz CT molecular complexity index is 117. The zero-order valence-electron chi connectivity index (χ0n) is 10.0. The van der Waals surface area contributed by atoms with E-state index >= 15 is 0 Å². The Morgan fingerprint density at radius 2 is 1.47 bits per heavy atom. The first-order valence-corrected chi connectivity index (χ1v) is 6.14. The van der Waals surface area contributed by atoms with Gasteiger partial charge in [-0.1, -0.05) is 6.42 Å². The lowest BCUT2D eigenvalue weighted by molar-refractivity contribution is 0.113. The highest BCUT2D eigenvalue weighted by Crippen LogP contribution is 2.00. The van der Waals surface area contributed by atoms with Gasteiger partial charge >= 0.3 is 0 Å². The minimum atomic E-state index is 0.774. The van der Waals surface area contributed by atoms with Gasteiger partial charge in [0.05, 0.1) is 13.2 Å². The van der Waals surface area contributed by atoms with Gasteiger partial charge in [-0.15, -0.1) is 11.6 Å². The van der Waals surface area contributed by atoms with Crippen molar-refractivity contribution >= 4 is 11.6 Å². The molecule has 0 atom stereocenters. The summed E-state index contributed by atoms with van der Waals surface area (Å²) in [5.41, 5.74) is 0. The Labute approximate surface area is 98.7 Å². The van der Waals surface area contributed by atoms with Crippen LogP contribution in [0.15, 0.2) is 0 Å². The number of alkyl halides is 1. The first-order valence-electron chi connectivity index (χ1n) is 5.61. The van der Waals surface area contributed by atoms with E-state index in [1.165, 1.54) is 12.8 Å². The van der Waals surface area contributed by atoms with Crippen molar-refractivity contribution in [1.29, 1.82) is 0 Å². The van der Waals surface area contributed by atoms with Crippen LogP contribution in [-0.2, 0) is 9.47 Å². The van der Waals surface area contributed by atoms with E-state index in [4.69, 9.17) is 21.1 Å². The topological polar surface area (TPSA) is 21.7 Å². The van der Waals surface area contributed by atoms with E-state index in [2.05, 4.69) is 4.90 Å². The molecular formula is C11H24ClNO2. The van der Waals surface area contributed by atoms with E-state index in [1.54, 1.807) is 14.2 Å². The Morgan fingerprint density at radius 1 is 0.867 bits per heavy atom. The van der Waals surface area contributed by atoms with Gasteiger partial charge in [0, 0.05) is 33.2 Å². The molecule has 0 aromatic heterocycles. The van der Waals surface area contributed by atoms with E-state index < -0.39 is 0 Å². The number of nitrogens with zero attached hydrogens (tertiary/aromatic N) is 1. The van der Waals surface area contributed by atoms with Gasteiger partial charge in [0.15, 0.2) is 0 Å². The van der Waals surface area contributed by atoms with Crippen molar-refractivity contribution in [3.63, 3.8) is 0 Å². The van der Waals surface area contributed by atoms with Crippen LogP contribution >= 0.6 is 11.6 Å². The standard InChI is InChI=1S/C11H24ClNO2/c1-14-10-8-13(9-11-15-2)7-5-3-4-6-12/h3-11H2,1-2H3. The monoisotopic (exact) mass is 237 g/mol. The molecule has 0 unspecified atom stereocenters. The first-order chi connectivity index (χ1) is 7.35. The third-order valence-corrected chi connectivity index (χ3v) is 2.60. The van der Waals surface area contributed by atoms with Gasteiger partial charge in [0.25, 0.3) is 0 Å². The van der Waals surface area contributed by atoms with Crippen molar-refractivity contribution in [3.05, 3.63) is 0 Å². The molecule has 0 rings (SSSR count). The largest absolute Gasteiger partial charge is 0.383 e. The molecule has 0 aliphatic rings. The Balaban J connectivity index is 3.49. The Morgan fingerprint density at radius 3 is 1.93 bits per heavy atom. The molecule has 0 amide bonds. The molecule has 0 saturated carbocycles. The molecule has 0 heterocycles. The summed E-state index contributed by atoms with van der Waals surface area (Å²) >= 11 is 5.63. The van der Waals surface area contributed by atoms with Crippen LogP contribution < -0.4 is 0 Å². The van der Waals surface area contributed by atoms with Crippen molar-refractivity contribution in [1.82, 2.24) is 4.90 Å². The van der Waals surface area contributed by atoms with Crippen LogP contribution in [0, 0.1) is 0 Å². The smallest absolute Gasteiger partial charge is 0.0589 e. The molecule has 15 heavy (non-hydrogen) atoms. The van der Waals surface area contributed by atoms with Crippen molar-refractivity contribution in [2.45, 2.75) is 19.3 Å². The maximum Gasteiger partial charge on any atom is 0.0589 e. The molecule has 0 aromatic carbocycles. The summed E-state index contributed by atoms with van der Waals surface area (Å²) in [7, 11) is 3.48. The van der Waals surface area contributed by atoms with Gasteiger partial charge in [-0.05, 0) is 19.4 Å². The highest BCUT2D eigenvalue weighted by Gasteiger charge is 2.03. The van der Waals surface area contributed by atoms with Crippen LogP contribution in [0.4, 0.5) is 0 Å². The van der Waals surface area contributed by atoms with Crippen LogP contribution in [0.25, 0.3) is 0 Å². The summed E-state index contributed by atoms with van der Waals surface area (Å²) in [5.74, 6) is 0.774. The number of hydrogen-bond donors (Lipinski definition) is 0. The van der Waals surface area contributed by atoms with Gasteiger partial charge in [-0.2, -0.15) is 0 Å². The van der Waals surface area contributed by atoms with E-state index in [0.717, 1.165) is 45.1 Å². The highest BCUT2D eigenvalue weighted by atomic mass is 35.5. The maximum atomic E-state index is 5.63. The predicted molar refractivity (Wildman–Crippen MR) is 64.8 cm³/mol. The van der Waals surface area contributed by atoms with Crippen LogP contribution in [-0.4, -0.2) is 57.8 Å². The van der Waals surface area contributed by atoms with Gasteiger partial charge < -0.3 is 9.47 Å². The highest BCUT2D eigenvalue weighted by molar-refractivity contribution is 6.17. The first kappa shape index (κ1) is 15.2. The van der Waals surface area contributed by atoms with Crippen LogP contribution in [0.5, 0.6) is 0 Å². The molecule has 0 bridgehead atoms. The number of unbranched alkanes of at least 4 members (excludes halogenated alkanes) is 2. The molecule has 0 N–H and O–H groups in total. The Hall–Kier alpha value is 0.170. The van der Waals surface area contributed by atoms with Crippen molar-refractivity contribution in [2.75, 3.05) is 52.9 Å². The normalized spacial score (nSPS) is 11.2. The molecule has 0 spiro atoms. The quantitative estimate of drug-likeness (QED) is 0.405. The van der Waals surface area contributed by atoms with Crippen LogP contribution in [0.2, 0.25) is 0 Å². The molecule has 4 heteroatoms. The van der Waals surface area contributed by atoms with E-state index in [-0.39, 0.29) is 0 Å². The fraction of sp³-hybridized carbons (Fsp3) is 1.00. The van der Waals surface area contributed by atoms with E-state index in [1.807, 2.05) is 0 Å². The zero-order chi connectivity index (χ0) is 11.4. The molecule has 0 aliphatic carbocycles. The second kappa shape index (κ2) is 12.2. The third-order valence-electron chi connectivity index (χ3n) is 2.33. The minimum absolute atomic E-state index is 0.774. The summed E-state index contributed by atoms with van der Waals surface area (Å²) in [6.07, 6.45) is 3.53. The lowest BCUT2D eigenvalue weighted by Gasteiger charge is -2.21. The van der Waals surface area contributed by atoms with Crippen molar-refractivity contribution in [3.8, 4) is 0 Å². The number of halogens is 1. The average Bonchev–Trinajstić information content (AvgIpc) is 2.27. The van der Waals surface area contributed by atoms with Crippen molar-refractivity contribution in [2.24, 2.45) is 0 Å². The van der Waals surface area contributed by atoms with Gasteiger partial charge in [-0.25, -0.2) is 0 Å². The second-order valence-corrected chi connectivity index (χ2v) is 3.95. The van der Waals surface area contributed by atoms with E-state index in [9.17, 15) is 0 Å². The predicted octanol–water partition coefficient (Wildman–Crippen LogP) is 1.99. The molecule has 0 aromatic rings. The summed E-state index contributed by atoms with van der Waals surface area (Å²) in [4.78, 5) is 2.38. The molecule has 3 nitrogen and oxygen atoms in total. The summed E-state index contributed by atoms with van der Waals surface area (Å²) in [5, 5.41) is 0. The number of methoxy groups -OCH3 is 2. The van der Waals surface area contributed by atoms with E-state index in [0.29, 0.717) is 0 Å². The second-order valence-electron chi connectivity index (χ2n) is 3.58. The SMILES string of the molecule is COCCN(CCCCCCl)CCOC. The number of hydrogen-bond acceptors (Lipinski definition) is 3. The summed E-state index contributed by atoms with van der Waals surface area (Å²) in [6.45, 7) is 4.67. The van der Waals surface area contributed by atoms with Gasteiger partial charge in [-0.3, -0.25) is 4.90 Å². The van der Waals surface area contributed by atoms with Gasteiger partial charge in [0.1, 0.15) is 0 Å². The van der Waals surface area contributed by atoms with Crippen LogP contribution in [0.3, 0.4) is 0 Å². The molecule has 92 valence electrons. The lowest BCUT2D eigenvalue weighted by Crippen LogP contribution is -2.31. The molecule has 0 fully saturated rings. The average molecular weight is 238 g/mol. The third kappa shape index (κ3) is 10.5. The lowest BCUT2D eigenvalue weighted by atomic mass is 10.2. The zero-order valence-corrected chi connectivity index (χ0v) is 10.8. The Kier molecular flexibility index (Phi) is 12.4. The maximum absolute atomic E-state index is 5.63. The number of rotatable bonds is 11. The van der Waals surface area contributed by atoms with Crippen molar-refractivity contribution < 1.29 is 9.47 Å². The molecule has 0 saturated heterocycles. The number of ether oxygens (including phenoxy) is 2. The summed E-state index contributed by atoms with van der Waals surface area (Å²) < 4.78 is 10.2.